The number of carbonyl (C=O) groups is 1. The minimum absolute atomic E-state index is 0.0499. The predicted molar refractivity (Wildman–Crippen MR) is 85.1 cm³/mol. The molecule has 23 heavy (non-hydrogen) atoms. The zero-order valence-corrected chi connectivity index (χ0v) is 13.2. The van der Waals surface area contributed by atoms with E-state index in [9.17, 15) is 4.79 Å². The van der Waals surface area contributed by atoms with Gasteiger partial charge in [0, 0.05) is 37.6 Å². The van der Waals surface area contributed by atoms with Crippen molar-refractivity contribution in [2.45, 2.75) is 19.8 Å². The van der Waals surface area contributed by atoms with Crippen molar-refractivity contribution in [3.63, 3.8) is 0 Å². The Morgan fingerprint density at radius 2 is 2.13 bits per heavy atom. The number of aryl methyl sites for hydroxylation is 1. The summed E-state index contributed by atoms with van der Waals surface area (Å²) < 4.78 is 5.79. The fourth-order valence-corrected chi connectivity index (χ4v) is 2.70. The molecule has 6 heteroatoms. The smallest absolute Gasteiger partial charge is 0.274 e. The molecule has 3 heterocycles. The Kier molecular flexibility index (Phi) is 4.80. The fraction of sp³-hybridized carbons (Fsp3) is 0.412. The monoisotopic (exact) mass is 312 g/mol. The fourth-order valence-electron chi connectivity index (χ4n) is 2.70. The van der Waals surface area contributed by atoms with E-state index >= 15 is 0 Å². The number of nitrogens with zero attached hydrogens (tertiary/aromatic N) is 4. The molecule has 2 aromatic rings. The lowest BCUT2D eigenvalue weighted by Gasteiger charge is -2.32. The molecule has 1 aliphatic heterocycles. The number of likely N-dealkylation sites (tertiary alicyclic amines) is 1. The second-order valence-corrected chi connectivity index (χ2v) is 5.80. The molecule has 0 aliphatic carbocycles. The Morgan fingerprint density at radius 3 is 2.87 bits per heavy atom. The molecule has 0 bridgehead atoms. The first-order valence-electron chi connectivity index (χ1n) is 7.83. The number of carbonyl (C=O) groups excluding carboxylic acids is 1. The van der Waals surface area contributed by atoms with E-state index in [1.165, 1.54) is 0 Å². The van der Waals surface area contributed by atoms with E-state index in [-0.39, 0.29) is 5.91 Å². The van der Waals surface area contributed by atoms with Gasteiger partial charge in [0.15, 0.2) is 0 Å². The van der Waals surface area contributed by atoms with E-state index in [1.54, 1.807) is 24.8 Å². The minimum atomic E-state index is -0.0499. The van der Waals surface area contributed by atoms with Crippen molar-refractivity contribution in [2.75, 3.05) is 19.7 Å². The quantitative estimate of drug-likeness (QED) is 0.865. The van der Waals surface area contributed by atoms with Gasteiger partial charge in [-0.25, -0.2) is 4.98 Å². The molecule has 1 saturated heterocycles. The van der Waals surface area contributed by atoms with E-state index in [0.29, 0.717) is 24.8 Å². The van der Waals surface area contributed by atoms with Crippen LogP contribution in [0.2, 0.25) is 0 Å². The van der Waals surface area contributed by atoms with Crippen molar-refractivity contribution in [2.24, 2.45) is 5.92 Å². The van der Waals surface area contributed by atoms with Crippen LogP contribution in [0.5, 0.6) is 5.75 Å². The second kappa shape index (κ2) is 7.17. The molecule has 6 nitrogen and oxygen atoms in total. The molecule has 1 atom stereocenters. The van der Waals surface area contributed by atoms with Gasteiger partial charge in [0.25, 0.3) is 5.91 Å². The van der Waals surface area contributed by atoms with Crippen LogP contribution in [0.15, 0.2) is 36.9 Å². The maximum atomic E-state index is 12.5. The molecule has 3 rings (SSSR count). The number of piperidine rings is 1. The van der Waals surface area contributed by atoms with Crippen LogP contribution in [0.25, 0.3) is 0 Å². The number of pyridine rings is 1. The first-order chi connectivity index (χ1) is 11.2. The average Bonchev–Trinajstić information content (AvgIpc) is 2.61. The SMILES string of the molecule is Cc1cnc(C(=O)N2CCCC(COc3ccncc3)C2)cn1. The molecule has 1 fully saturated rings. The molecular weight excluding hydrogens is 292 g/mol. The maximum Gasteiger partial charge on any atom is 0.274 e. The zero-order chi connectivity index (χ0) is 16.1. The number of hydrogen-bond acceptors (Lipinski definition) is 5. The Balaban J connectivity index is 1.57. The molecule has 0 N–H and O–H groups in total. The van der Waals surface area contributed by atoms with Gasteiger partial charge in [0.1, 0.15) is 11.4 Å². The van der Waals surface area contributed by atoms with Gasteiger partial charge in [0.2, 0.25) is 0 Å². The van der Waals surface area contributed by atoms with Gasteiger partial charge in [-0.3, -0.25) is 14.8 Å². The van der Waals surface area contributed by atoms with Gasteiger partial charge in [-0.2, -0.15) is 0 Å². The molecule has 0 spiro atoms. The highest BCUT2D eigenvalue weighted by Gasteiger charge is 2.25. The third-order valence-corrected chi connectivity index (χ3v) is 3.94. The number of aromatic nitrogens is 3. The summed E-state index contributed by atoms with van der Waals surface area (Å²) >= 11 is 0. The highest BCUT2D eigenvalue weighted by molar-refractivity contribution is 5.92. The maximum absolute atomic E-state index is 12.5. The van der Waals surface area contributed by atoms with Crippen LogP contribution in [-0.2, 0) is 0 Å². The summed E-state index contributed by atoms with van der Waals surface area (Å²) in [6.07, 6.45) is 8.64. The third-order valence-electron chi connectivity index (χ3n) is 3.94. The molecule has 1 amide bonds. The molecule has 1 unspecified atom stereocenters. The molecule has 0 saturated carbocycles. The summed E-state index contributed by atoms with van der Waals surface area (Å²) in [5, 5.41) is 0. The zero-order valence-electron chi connectivity index (χ0n) is 13.2. The van der Waals surface area contributed by atoms with Gasteiger partial charge in [0.05, 0.1) is 18.5 Å². The minimum Gasteiger partial charge on any atom is -0.493 e. The first kappa shape index (κ1) is 15.4. The van der Waals surface area contributed by atoms with Crippen LogP contribution in [0.1, 0.15) is 29.0 Å². The average molecular weight is 312 g/mol. The summed E-state index contributed by atoms with van der Waals surface area (Å²) in [7, 11) is 0. The standard InChI is InChI=1S/C17H20N4O2/c1-13-9-20-16(10-19-13)17(22)21-8-2-3-14(11-21)12-23-15-4-6-18-7-5-15/h4-7,9-10,14H,2-3,8,11-12H2,1H3. The van der Waals surface area contributed by atoms with Gasteiger partial charge in [-0.15, -0.1) is 0 Å². The van der Waals surface area contributed by atoms with Gasteiger partial charge < -0.3 is 9.64 Å². The summed E-state index contributed by atoms with van der Waals surface area (Å²) in [6.45, 7) is 3.92. The van der Waals surface area contributed by atoms with Crippen LogP contribution in [0.3, 0.4) is 0 Å². The van der Waals surface area contributed by atoms with Crippen LogP contribution in [0.4, 0.5) is 0 Å². The number of rotatable bonds is 4. The topological polar surface area (TPSA) is 68.2 Å². The van der Waals surface area contributed by atoms with Crippen molar-refractivity contribution < 1.29 is 9.53 Å². The summed E-state index contributed by atoms with van der Waals surface area (Å²) in [5.74, 6) is 1.10. The third kappa shape index (κ3) is 4.03. The van der Waals surface area contributed by atoms with Crippen LogP contribution < -0.4 is 4.74 Å². The highest BCUT2D eigenvalue weighted by Crippen LogP contribution is 2.19. The van der Waals surface area contributed by atoms with E-state index in [2.05, 4.69) is 15.0 Å². The Hall–Kier alpha value is -2.50. The van der Waals surface area contributed by atoms with E-state index in [0.717, 1.165) is 30.8 Å². The molecule has 1 aliphatic rings. The largest absolute Gasteiger partial charge is 0.493 e. The van der Waals surface area contributed by atoms with Gasteiger partial charge in [-0.05, 0) is 31.9 Å². The normalized spacial score (nSPS) is 17.8. The molecule has 0 radical (unpaired) electrons. The summed E-state index contributed by atoms with van der Waals surface area (Å²) in [5.41, 5.74) is 1.22. The highest BCUT2D eigenvalue weighted by atomic mass is 16.5. The van der Waals surface area contributed by atoms with Crippen molar-refractivity contribution in [1.29, 1.82) is 0 Å². The van der Waals surface area contributed by atoms with Crippen LogP contribution in [-0.4, -0.2) is 45.5 Å². The Labute approximate surface area is 135 Å². The molecular formula is C17H20N4O2. The lowest BCUT2D eigenvalue weighted by Crippen LogP contribution is -2.41. The molecule has 120 valence electrons. The van der Waals surface area contributed by atoms with Crippen LogP contribution >= 0.6 is 0 Å². The summed E-state index contributed by atoms with van der Waals surface area (Å²) in [6, 6.07) is 3.68. The number of amides is 1. The van der Waals surface area contributed by atoms with Crippen LogP contribution in [0, 0.1) is 12.8 Å². The molecule has 2 aromatic heterocycles. The van der Waals surface area contributed by atoms with Crippen molar-refractivity contribution in [3.8, 4) is 5.75 Å². The van der Waals surface area contributed by atoms with E-state index in [4.69, 9.17) is 4.74 Å². The Bertz CT molecular complexity index is 645. The van der Waals surface area contributed by atoms with E-state index in [1.807, 2.05) is 24.0 Å². The van der Waals surface area contributed by atoms with Crippen molar-refractivity contribution in [3.05, 3.63) is 48.3 Å². The van der Waals surface area contributed by atoms with Crippen molar-refractivity contribution >= 4 is 5.91 Å². The predicted octanol–water partition coefficient (Wildman–Crippen LogP) is 2.11. The van der Waals surface area contributed by atoms with Gasteiger partial charge in [-0.1, -0.05) is 0 Å². The number of ether oxygens (including phenoxy) is 1. The second-order valence-electron chi connectivity index (χ2n) is 5.80. The van der Waals surface area contributed by atoms with Gasteiger partial charge >= 0.3 is 0 Å². The Morgan fingerprint density at radius 1 is 1.30 bits per heavy atom. The first-order valence-corrected chi connectivity index (χ1v) is 7.83. The number of hydrogen-bond donors (Lipinski definition) is 0. The van der Waals surface area contributed by atoms with E-state index < -0.39 is 0 Å². The molecule has 0 aromatic carbocycles. The van der Waals surface area contributed by atoms with Crippen molar-refractivity contribution in [1.82, 2.24) is 19.9 Å². The lowest BCUT2D eigenvalue weighted by atomic mass is 9.98. The lowest BCUT2D eigenvalue weighted by molar-refractivity contribution is 0.0627. The summed E-state index contributed by atoms with van der Waals surface area (Å²) in [4.78, 5) is 26.7.